The molecular formula is C29H34BrFN4O4. The molecule has 8 nitrogen and oxygen atoms in total. The first-order valence-corrected chi connectivity index (χ1v) is 14.2. The molecule has 0 bridgehead atoms. The number of nitrogens with one attached hydrogen (secondary N) is 1. The SMILES string of the molecule is CC(C)(C)OC(=O)N1CCC(c2ccc3nc(NC(=O)c4c(F)cccc4Br)n([C@H]4CC[C@@H](O)C4)c3c2)CC1. The molecule has 39 heavy (non-hydrogen) atoms. The van der Waals surface area contributed by atoms with Gasteiger partial charge in [-0.15, -0.1) is 0 Å². The van der Waals surface area contributed by atoms with Crippen molar-refractivity contribution in [3.8, 4) is 0 Å². The summed E-state index contributed by atoms with van der Waals surface area (Å²) in [6.45, 7) is 6.83. The Hall–Kier alpha value is -2.98. The highest BCUT2D eigenvalue weighted by Crippen LogP contribution is 2.38. The largest absolute Gasteiger partial charge is 0.444 e. The molecule has 2 N–H and O–H groups in total. The number of ether oxygens (including phenoxy) is 1. The number of rotatable bonds is 4. The van der Waals surface area contributed by atoms with Crippen LogP contribution in [0, 0.1) is 5.82 Å². The Balaban J connectivity index is 1.42. The van der Waals surface area contributed by atoms with E-state index in [1.807, 2.05) is 31.4 Å². The third-order valence-electron chi connectivity index (χ3n) is 7.49. The van der Waals surface area contributed by atoms with Gasteiger partial charge in [-0.05, 0) is 105 Å². The number of halogens is 2. The van der Waals surface area contributed by atoms with Crippen LogP contribution in [0.1, 0.15) is 80.8 Å². The number of benzene rings is 2. The zero-order valence-electron chi connectivity index (χ0n) is 22.4. The number of nitrogens with zero attached hydrogens (tertiary/aromatic N) is 3. The van der Waals surface area contributed by atoms with Gasteiger partial charge in [0.05, 0.1) is 22.7 Å². The van der Waals surface area contributed by atoms with E-state index in [1.165, 1.54) is 12.1 Å². The number of anilines is 1. The van der Waals surface area contributed by atoms with Gasteiger partial charge in [-0.3, -0.25) is 10.1 Å². The normalized spacial score (nSPS) is 20.4. The fourth-order valence-corrected chi connectivity index (χ4v) is 6.11. The Labute approximate surface area is 235 Å². The average molecular weight is 602 g/mol. The minimum absolute atomic E-state index is 0.0476. The number of imidazole rings is 1. The van der Waals surface area contributed by atoms with Crippen LogP contribution in [0.3, 0.4) is 0 Å². The lowest BCUT2D eigenvalue weighted by molar-refractivity contribution is 0.0204. The molecular weight excluding hydrogens is 567 g/mol. The topological polar surface area (TPSA) is 96.7 Å². The van der Waals surface area contributed by atoms with E-state index in [2.05, 4.69) is 33.4 Å². The lowest BCUT2D eigenvalue weighted by Crippen LogP contribution is -2.41. The zero-order valence-corrected chi connectivity index (χ0v) is 24.0. The smallest absolute Gasteiger partial charge is 0.410 e. The van der Waals surface area contributed by atoms with E-state index in [-0.39, 0.29) is 23.6 Å². The summed E-state index contributed by atoms with van der Waals surface area (Å²) in [6.07, 6.45) is 2.89. The quantitative estimate of drug-likeness (QED) is 0.361. The summed E-state index contributed by atoms with van der Waals surface area (Å²) in [5, 5.41) is 13.1. The molecule has 0 spiro atoms. The number of likely N-dealkylation sites (tertiary alicyclic amines) is 1. The second-order valence-electron chi connectivity index (χ2n) is 11.5. The molecule has 2 fully saturated rings. The fourth-order valence-electron chi connectivity index (χ4n) is 5.59. The molecule has 0 radical (unpaired) electrons. The average Bonchev–Trinajstić information content (AvgIpc) is 3.45. The first-order valence-electron chi connectivity index (χ1n) is 13.4. The summed E-state index contributed by atoms with van der Waals surface area (Å²) in [4.78, 5) is 32.1. The van der Waals surface area contributed by atoms with Crippen molar-refractivity contribution < 1.29 is 23.8 Å². The standard InChI is InChI=1S/C29H34BrFN4O4/c1-29(2,3)39-28(38)34-13-11-17(12-14-34)18-7-10-23-24(15-18)35(19-8-9-20(36)16-19)27(32-23)33-26(37)25-21(30)5-4-6-22(25)31/h4-7,10,15,17,19-20,36H,8-9,11-14,16H2,1-3H3,(H,32,33,37)/t19-,20+/m0/s1. The van der Waals surface area contributed by atoms with Gasteiger partial charge in [0.2, 0.25) is 5.95 Å². The van der Waals surface area contributed by atoms with Gasteiger partial charge in [0, 0.05) is 23.6 Å². The maximum atomic E-state index is 14.5. The van der Waals surface area contributed by atoms with Crippen LogP contribution < -0.4 is 5.32 Å². The van der Waals surface area contributed by atoms with E-state index in [1.54, 1.807) is 11.0 Å². The van der Waals surface area contributed by atoms with Gasteiger partial charge in [0.15, 0.2) is 0 Å². The lowest BCUT2D eigenvalue weighted by Gasteiger charge is -2.33. The van der Waals surface area contributed by atoms with E-state index in [0.717, 1.165) is 30.3 Å². The fraction of sp³-hybridized carbons (Fsp3) is 0.483. The van der Waals surface area contributed by atoms with Gasteiger partial charge in [-0.1, -0.05) is 12.1 Å². The van der Waals surface area contributed by atoms with E-state index < -0.39 is 23.4 Å². The monoisotopic (exact) mass is 600 g/mol. The maximum Gasteiger partial charge on any atom is 0.410 e. The van der Waals surface area contributed by atoms with Crippen LogP contribution >= 0.6 is 15.9 Å². The maximum absolute atomic E-state index is 14.5. The summed E-state index contributed by atoms with van der Waals surface area (Å²) in [7, 11) is 0. The second kappa shape index (κ2) is 10.9. The molecule has 3 aromatic rings. The Morgan fingerprint density at radius 2 is 1.87 bits per heavy atom. The summed E-state index contributed by atoms with van der Waals surface area (Å²) < 4.78 is 22.4. The second-order valence-corrected chi connectivity index (χ2v) is 12.3. The number of aliphatic hydroxyl groups is 1. The van der Waals surface area contributed by atoms with Crippen LogP contribution in [-0.2, 0) is 4.74 Å². The molecule has 0 unspecified atom stereocenters. The van der Waals surface area contributed by atoms with E-state index in [4.69, 9.17) is 9.72 Å². The number of aromatic nitrogens is 2. The first-order chi connectivity index (χ1) is 18.5. The number of piperidine rings is 1. The number of hydrogen-bond donors (Lipinski definition) is 2. The molecule has 5 rings (SSSR count). The molecule has 10 heteroatoms. The molecule has 1 aliphatic heterocycles. The van der Waals surface area contributed by atoms with Crippen LogP contribution in [0.2, 0.25) is 0 Å². The number of aliphatic hydroxyl groups excluding tert-OH is 1. The Morgan fingerprint density at radius 1 is 1.13 bits per heavy atom. The molecule has 2 aromatic carbocycles. The Bertz CT molecular complexity index is 1370. The zero-order chi connectivity index (χ0) is 27.9. The summed E-state index contributed by atoms with van der Waals surface area (Å²) in [6, 6.07) is 10.5. The number of hydrogen-bond acceptors (Lipinski definition) is 5. The van der Waals surface area contributed by atoms with Crippen LogP contribution in [0.25, 0.3) is 11.0 Å². The number of carbonyl (C=O) groups is 2. The molecule has 1 saturated carbocycles. The van der Waals surface area contributed by atoms with E-state index in [9.17, 15) is 19.1 Å². The third-order valence-corrected chi connectivity index (χ3v) is 8.15. The van der Waals surface area contributed by atoms with Crippen molar-refractivity contribution in [2.45, 2.75) is 76.5 Å². The van der Waals surface area contributed by atoms with Gasteiger partial charge in [-0.2, -0.15) is 0 Å². The summed E-state index contributed by atoms with van der Waals surface area (Å²) >= 11 is 3.28. The molecule has 2 heterocycles. The van der Waals surface area contributed by atoms with Crippen molar-refractivity contribution in [2.75, 3.05) is 18.4 Å². The van der Waals surface area contributed by atoms with Crippen molar-refractivity contribution in [2.24, 2.45) is 0 Å². The van der Waals surface area contributed by atoms with Crippen molar-refractivity contribution in [3.05, 3.63) is 57.8 Å². The molecule has 2 atom stereocenters. The van der Waals surface area contributed by atoms with Crippen LogP contribution in [0.4, 0.5) is 15.1 Å². The van der Waals surface area contributed by atoms with Crippen molar-refractivity contribution >= 4 is 44.9 Å². The molecule has 1 aromatic heterocycles. The molecule has 2 amide bonds. The molecule has 1 aliphatic carbocycles. The highest BCUT2D eigenvalue weighted by atomic mass is 79.9. The number of fused-ring (bicyclic) bond motifs is 1. The highest BCUT2D eigenvalue weighted by Gasteiger charge is 2.31. The van der Waals surface area contributed by atoms with Gasteiger partial charge in [0.25, 0.3) is 5.91 Å². The highest BCUT2D eigenvalue weighted by molar-refractivity contribution is 9.10. The summed E-state index contributed by atoms with van der Waals surface area (Å²) in [5.41, 5.74) is 2.11. The van der Waals surface area contributed by atoms with Gasteiger partial charge >= 0.3 is 6.09 Å². The van der Waals surface area contributed by atoms with Gasteiger partial charge < -0.3 is 19.3 Å². The van der Waals surface area contributed by atoms with Crippen molar-refractivity contribution in [3.63, 3.8) is 0 Å². The summed E-state index contributed by atoms with van der Waals surface area (Å²) in [5.74, 6) is -0.621. The van der Waals surface area contributed by atoms with Crippen LogP contribution in [0.15, 0.2) is 40.9 Å². The van der Waals surface area contributed by atoms with E-state index >= 15 is 0 Å². The minimum Gasteiger partial charge on any atom is -0.444 e. The third kappa shape index (κ3) is 5.96. The van der Waals surface area contributed by atoms with E-state index in [0.29, 0.717) is 41.9 Å². The van der Waals surface area contributed by atoms with Crippen molar-refractivity contribution in [1.82, 2.24) is 14.5 Å². The molecule has 208 valence electrons. The number of carbonyl (C=O) groups excluding carboxylic acids is 2. The Morgan fingerprint density at radius 3 is 2.51 bits per heavy atom. The van der Waals surface area contributed by atoms with Crippen LogP contribution in [0.5, 0.6) is 0 Å². The lowest BCUT2D eigenvalue weighted by atomic mass is 9.89. The number of amides is 2. The van der Waals surface area contributed by atoms with Gasteiger partial charge in [-0.25, -0.2) is 14.2 Å². The first kappa shape index (κ1) is 27.6. The molecule has 2 aliphatic rings. The Kier molecular flexibility index (Phi) is 7.70. The predicted octanol–water partition coefficient (Wildman–Crippen LogP) is 6.39. The molecule has 1 saturated heterocycles. The van der Waals surface area contributed by atoms with Gasteiger partial charge in [0.1, 0.15) is 11.4 Å². The van der Waals surface area contributed by atoms with Crippen LogP contribution in [-0.4, -0.2) is 56.4 Å². The van der Waals surface area contributed by atoms with Crippen molar-refractivity contribution in [1.29, 1.82) is 0 Å². The minimum atomic E-state index is -0.624. The predicted molar refractivity (Wildman–Crippen MR) is 150 cm³/mol.